The summed E-state index contributed by atoms with van der Waals surface area (Å²) in [6, 6.07) is 10.4. The van der Waals surface area contributed by atoms with Gasteiger partial charge in [-0.2, -0.15) is 15.4 Å². The first-order valence-electron chi connectivity index (χ1n) is 10.5. The Labute approximate surface area is 183 Å². The smallest absolute Gasteiger partial charge is 0.176 e. The SMILES string of the molecule is CCOC=Nc1c(C#N)cnn1CCN1CCN(c2ccc(OCCOC)cc2)CC1. The summed E-state index contributed by atoms with van der Waals surface area (Å²) in [5.41, 5.74) is 1.66. The molecular weight excluding hydrogens is 396 g/mol. The van der Waals surface area contributed by atoms with Crippen molar-refractivity contribution in [2.24, 2.45) is 4.99 Å². The van der Waals surface area contributed by atoms with Gasteiger partial charge in [-0.3, -0.25) is 4.90 Å². The lowest BCUT2D eigenvalue weighted by atomic mass is 10.2. The Morgan fingerprint density at radius 1 is 1.13 bits per heavy atom. The summed E-state index contributed by atoms with van der Waals surface area (Å²) in [7, 11) is 1.67. The molecule has 0 amide bonds. The molecule has 2 aromatic rings. The van der Waals surface area contributed by atoms with Crippen LogP contribution in [0.2, 0.25) is 0 Å². The first-order valence-corrected chi connectivity index (χ1v) is 10.5. The fraction of sp³-hybridized carbons (Fsp3) is 0.500. The van der Waals surface area contributed by atoms with Crippen LogP contribution in [0, 0.1) is 11.3 Å². The second-order valence-electron chi connectivity index (χ2n) is 7.07. The summed E-state index contributed by atoms with van der Waals surface area (Å²) in [5.74, 6) is 1.40. The maximum atomic E-state index is 9.27. The molecule has 1 aromatic carbocycles. The second-order valence-corrected chi connectivity index (χ2v) is 7.07. The fourth-order valence-electron chi connectivity index (χ4n) is 3.38. The number of rotatable bonds is 11. The molecule has 0 atom stereocenters. The van der Waals surface area contributed by atoms with Gasteiger partial charge in [0.25, 0.3) is 0 Å². The van der Waals surface area contributed by atoms with Gasteiger partial charge in [0.2, 0.25) is 0 Å². The first kappa shape index (κ1) is 22.6. The van der Waals surface area contributed by atoms with Crippen LogP contribution in [0.3, 0.4) is 0 Å². The minimum absolute atomic E-state index is 0.454. The molecule has 166 valence electrons. The summed E-state index contributed by atoms with van der Waals surface area (Å²) in [6.45, 7) is 8.94. The molecule has 0 spiro atoms. The van der Waals surface area contributed by atoms with Crippen LogP contribution in [0.4, 0.5) is 11.5 Å². The Hall–Kier alpha value is -3.09. The van der Waals surface area contributed by atoms with E-state index in [-0.39, 0.29) is 0 Å². The molecule has 0 unspecified atom stereocenters. The molecule has 1 aliphatic rings. The molecule has 9 nitrogen and oxygen atoms in total. The minimum atomic E-state index is 0.454. The molecule has 0 N–H and O–H groups in total. The number of aromatic nitrogens is 2. The van der Waals surface area contributed by atoms with Crippen LogP contribution in [0.5, 0.6) is 5.75 Å². The van der Waals surface area contributed by atoms with E-state index in [2.05, 4.69) is 38.1 Å². The maximum absolute atomic E-state index is 9.27. The molecule has 0 saturated carbocycles. The Balaban J connectivity index is 1.48. The van der Waals surface area contributed by atoms with E-state index >= 15 is 0 Å². The largest absolute Gasteiger partial charge is 0.491 e. The van der Waals surface area contributed by atoms with Crippen molar-refractivity contribution in [3.8, 4) is 11.8 Å². The quantitative estimate of drug-likeness (QED) is 0.309. The predicted molar refractivity (Wildman–Crippen MR) is 119 cm³/mol. The van der Waals surface area contributed by atoms with Gasteiger partial charge in [0, 0.05) is 45.5 Å². The van der Waals surface area contributed by atoms with Crippen LogP contribution in [-0.2, 0) is 16.0 Å². The maximum Gasteiger partial charge on any atom is 0.176 e. The number of piperazine rings is 1. The van der Waals surface area contributed by atoms with Crippen molar-refractivity contribution in [2.75, 3.05) is 64.6 Å². The number of nitrogens with zero attached hydrogens (tertiary/aromatic N) is 6. The zero-order valence-corrected chi connectivity index (χ0v) is 18.2. The minimum Gasteiger partial charge on any atom is -0.491 e. The highest BCUT2D eigenvalue weighted by Crippen LogP contribution is 2.21. The molecule has 1 saturated heterocycles. The summed E-state index contributed by atoms with van der Waals surface area (Å²) in [5, 5.41) is 13.6. The molecule has 3 rings (SSSR count). The summed E-state index contributed by atoms with van der Waals surface area (Å²) in [6.07, 6.45) is 2.93. The van der Waals surface area contributed by atoms with Gasteiger partial charge >= 0.3 is 0 Å². The molecule has 0 aliphatic carbocycles. The zero-order chi connectivity index (χ0) is 21.9. The highest BCUT2D eigenvalue weighted by molar-refractivity contribution is 5.58. The number of aliphatic imine (C=N–C) groups is 1. The number of hydrogen-bond donors (Lipinski definition) is 0. The van der Waals surface area contributed by atoms with Gasteiger partial charge in [-0.1, -0.05) is 0 Å². The lowest BCUT2D eigenvalue weighted by Gasteiger charge is -2.36. The zero-order valence-electron chi connectivity index (χ0n) is 18.2. The van der Waals surface area contributed by atoms with Crippen molar-refractivity contribution in [1.29, 1.82) is 5.26 Å². The number of methoxy groups -OCH3 is 1. The number of ether oxygens (including phenoxy) is 3. The van der Waals surface area contributed by atoms with Crippen molar-refractivity contribution < 1.29 is 14.2 Å². The molecular formula is C22H30N6O3. The summed E-state index contributed by atoms with van der Waals surface area (Å²) < 4.78 is 17.6. The lowest BCUT2D eigenvalue weighted by Crippen LogP contribution is -2.47. The van der Waals surface area contributed by atoms with Gasteiger partial charge in [-0.25, -0.2) is 4.68 Å². The van der Waals surface area contributed by atoms with E-state index in [1.54, 1.807) is 18.0 Å². The molecule has 1 aromatic heterocycles. The molecule has 2 heterocycles. The van der Waals surface area contributed by atoms with Gasteiger partial charge in [0.05, 0.1) is 26.0 Å². The third-order valence-corrected chi connectivity index (χ3v) is 5.11. The molecule has 0 radical (unpaired) electrons. The van der Waals surface area contributed by atoms with Crippen molar-refractivity contribution in [3.05, 3.63) is 36.0 Å². The molecule has 1 fully saturated rings. The van der Waals surface area contributed by atoms with Gasteiger partial charge in [0.15, 0.2) is 12.2 Å². The number of nitriles is 1. The summed E-state index contributed by atoms with van der Waals surface area (Å²) in [4.78, 5) is 9.05. The van der Waals surface area contributed by atoms with Crippen molar-refractivity contribution in [3.63, 3.8) is 0 Å². The second kappa shape index (κ2) is 11.9. The van der Waals surface area contributed by atoms with Gasteiger partial charge in [-0.15, -0.1) is 0 Å². The molecule has 1 aliphatic heterocycles. The van der Waals surface area contributed by atoms with E-state index in [0.717, 1.165) is 38.5 Å². The van der Waals surface area contributed by atoms with Crippen molar-refractivity contribution >= 4 is 17.9 Å². The summed E-state index contributed by atoms with van der Waals surface area (Å²) >= 11 is 0. The van der Waals surface area contributed by atoms with Gasteiger partial charge < -0.3 is 19.1 Å². The third kappa shape index (κ3) is 6.44. The van der Waals surface area contributed by atoms with E-state index in [9.17, 15) is 5.26 Å². The topological polar surface area (TPSA) is 88.1 Å². The molecule has 0 bridgehead atoms. The Kier molecular flexibility index (Phi) is 8.70. The Morgan fingerprint density at radius 3 is 2.58 bits per heavy atom. The molecule has 31 heavy (non-hydrogen) atoms. The Bertz CT molecular complexity index is 866. The lowest BCUT2D eigenvalue weighted by molar-refractivity contribution is 0.146. The predicted octanol–water partition coefficient (Wildman–Crippen LogP) is 2.30. The van der Waals surface area contributed by atoms with Crippen LogP contribution in [-0.4, -0.2) is 80.7 Å². The highest BCUT2D eigenvalue weighted by Gasteiger charge is 2.18. The average molecular weight is 427 g/mol. The number of benzene rings is 1. The van der Waals surface area contributed by atoms with Crippen molar-refractivity contribution in [1.82, 2.24) is 14.7 Å². The first-order chi connectivity index (χ1) is 15.2. The highest BCUT2D eigenvalue weighted by atomic mass is 16.5. The van der Waals surface area contributed by atoms with Gasteiger partial charge in [0.1, 0.15) is 24.0 Å². The fourth-order valence-corrected chi connectivity index (χ4v) is 3.38. The van der Waals surface area contributed by atoms with Gasteiger partial charge in [-0.05, 0) is 31.2 Å². The Morgan fingerprint density at radius 2 is 1.90 bits per heavy atom. The van der Waals surface area contributed by atoms with Crippen LogP contribution in [0.25, 0.3) is 0 Å². The van der Waals surface area contributed by atoms with Crippen LogP contribution >= 0.6 is 0 Å². The monoisotopic (exact) mass is 426 g/mol. The van der Waals surface area contributed by atoms with E-state index in [0.29, 0.717) is 37.7 Å². The average Bonchev–Trinajstić information content (AvgIpc) is 3.21. The van der Waals surface area contributed by atoms with Crippen LogP contribution < -0.4 is 9.64 Å². The number of anilines is 1. The third-order valence-electron chi connectivity index (χ3n) is 5.11. The van der Waals surface area contributed by atoms with E-state index in [1.165, 1.54) is 12.1 Å². The van der Waals surface area contributed by atoms with E-state index in [4.69, 9.17) is 14.2 Å². The number of hydrogen-bond acceptors (Lipinski definition) is 8. The van der Waals surface area contributed by atoms with Crippen LogP contribution in [0.15, 0.2) is 35.5 Å². The van der Waals surface area contributed by atoms with Crippen molar-refractivity contribution in [2.45, 2.75) is 13.5 Å². The van der Waals surface area contributed by atoms with Crippen LogP contribution in [0.1, 0.15) is 12.5 Å². The van der Waals surface area contributed by atoms with E-state index in [1.807, 2.05) is 19.1 Å². The standard InChI is InChI=1S/C22H30N6O3/c1-3-30-18-24-22-19(16-23)17-25-28(22)13-10-26-8-11-27(12-9-26)20-4-6-21(7-5-20)31-15-14-29-2/h4-7,17-18H,3,8-15H2,1-2H3. The normalized spacial score (nSPS) is 14.7. The van der Waals surface area contributed by atoms with E-state index < -0.39 is 0 Å². The molecule has 9 heteroatoms.